The average molecular weight is 502 g/mol. The van der Waals surface area contributed by atoms with Crippen LogP contribution in [-0.4, -0.2) is 56.1 Å². The summed E-state index contributed by atoms with van der Waals surface area (Å²) in [7, 11) is 0. The highest BCUT2D eigenvalue weighted by Gasteiger charge is 2.16. The number of aliphatic imine (C=N–C) groups is 1. The van der Waals surface area contributed by atoms with E-state index in [0.717, 1.165) is 39.0 Å². The van der Waals surface area contributed by atoms with E-state index in [1.807, 2.05) is 30.0 Å². The summed E-state index contributed by atoms with van der Waals surface area (Å²) in [6.45, 7) is 8.92. The fourth-order valence-corrected chi connectivity index (χ4v) is 3.01. The molecule has 0 aromatic heterocycles. The minimum absolute atomic E-state index is 0. The number of hydrogen-bond acceptors (Lipinski definition) is 3. The Morgan fingerprint density at radius 3 is 2.57 bits per heavy atom. The summed E-state index contributed by atoms with van der Waals surface area (Å²) in [4.78, 5) is 18.6. The maximum atomic E-state index is 12.3. The number of likely N-dealkylation sites (tertiary alicyclic amines) is 1. The predicted molar refractivity (Wildman–Crippen MR) is 125 cm³/mol. The molecule has 7 heteroatoms. The van der Waals surface area contributed by atoms with Crippen LogP contribution in [0.2, 0.25) is 0 Å². The Bertz CT molecular complexity index is 577. The highest BCUT2D eigenvalue weighted by atomic mass is 127. The SMILES string of the molecule is CCNC(=NCC(=O)N1CCCCC1)NCC(C)COCc1ccccc1.I. The number of ether oxygens (including phenoxy) is 1. The maximum absolute atomic E-state index is 12.3. The van der Waals surface area contributed by atoms with Gasteiger partial charge in [0.15, 0.2) is 5.96 Å². The Hall–Kier alpha value is -1.35. The number of hydrogen-bond donors (Lipinski definition) is 2. The third-order valence-electron chi connectivity index (χ3n) is 4.56. The second-order valence-corrected chi connectivity index (χ2v) is 7.12. The Kier molecular flexibility index (Phi) is 12.9. The van der Waals surface area contributed by atoms with Gasteiger partial charge in [0.25, 0.3) is 0 Å². The monoisotopic (exact) mass is 502 g/mol. The summed E-state index contributed by atoms with van der Waals surface area (Å²) in [5.74, 6) is 1.15. The zero-order valence-electron chi connectivity index (χ0n) is 17.2. The van der Waals surface area contributed by atoms with Crippen molar-refractivity contribution in [1.29, 1.82) is 0 Å². The largest absolute Gasteiger partial charge is 0.376 e. The third-order valence-corrected chi connectivity index (χ3v) is 4.56. The zero-order valence-corrected chi connectivity index (χ0v) is 19.5. The first-order valence-corrected chi connectivity index (χ1v) is 10.1. The molecule has 2 rings (SSSR count). The van der Waals surface area contributed by atoms with Gasteiger partial charge in [0.2, 0.25) is 5.91 Å². The van der Waals surface area contributed by atoms with Gasteiger partial charge in [0.05, 0.1) is 13.2 Å². The van der Waals surface area contributed by atoms with E-state index < -0.39 is 0 Å². The second-order valence-electron chi connectivity index (χ2n) is 7.12. The quantitative estimate of drug-likeness (QED) is 0.310. The number of piperidine rings is 1. The lowest BCUT2D eigenvalue weighted by atomic mass is 10.1. The van der Waals surface area contributed by atoms with Gasteiger partial charge in [-0.05, 0) is 37.7 Å². The molecule has 2 N–H and O–H groups in total. The molecular formula is C21H35IN4O2. The van der Waals surface area contributed by atoms with Crippen molar-refractivity contribution in [2.45, 2.75) is 39.7 Å². The van der Waals surface area contributed by atoms with Crippen LogP contribution in [0.15, 0.2) is 35.3 Å². The van der Waals surface area contributed by atoms with Crippen LogP contribution in [0, 0.1) is 5.92 Å². The molecule has 28 heavy (non-hydrogen) atoms. The summed E-state index contributed by atoms with van der Waals surface area (Å²) in [6.07, 6.45) is 3.43. The van der Waals surface area contributed by atoms with E-state index in [4.69, 9.17) is 4.74 Å². The molecule has 0 aliphatic carbocycles. The van der Waals surface area contributed by atoms with E-state index >= 15 is 0 Å². The van der Waals surface area contributed by atoms with E-state index in [-0.39, 0.29) is 36.4 Å². The van der Waals surface area contributed by atoms with Crippen LogP contribution >= 0.6 is 24.0 Å². The van der Waals surface area contributed by atoms with E-state index in [2.05, 4.69) is 34.7 Å². The van der Waals surface area contributed by atoms with Crippen molar-refractivity contribution in [3.63, 3.8) is 0 Å². The maximum Gasteiger partial charge on any atom is 0.244 e. The summed E-state index contributed by atoms with van der Waals surface area (Å²) in [5, 5.41) is 6.52. The predicted octanol–water partition coefficient (Wildman–Crippen LogP) is 3.02. The number of amides is 1. The van der Waals surface area contributed by atoms with E-state index in [9.17, 15) is 4.79 Å². The van der Waals surface area contributed by atoms with Gasteiger partial charge in [-0.2, -0.15) is 0 Å². The molecule has 0 bridgehead atoms. The highest BCUT2D eigenvalue weighted by Crippen LogP contribution is 2.08. The van der Waals surface area contributed by atoms with Gasteiger partial charge in [-0.15, -0.1) is 24.0 Å². The average Bonchev–Trinajstić information content (AvgIpc) is 2.71. The molecule has 1 fully saturated rings. The van der Waals surface area contributed by atoms with E-state index in [1.54, 1.807) is 0 Å². The van der Waals surface area contributed by atoms with Crippen LogP contribution in [0.3, 0.4) is 0 Å². The number of nitrogens with zero attached hydrogens (tertiary/aromatic N) is 2. The molecule has 158 valence electrons. The number of nitrogens with one attached hydrogen (secondary N) is 2. The standard InChI is InChI=1S/C21H34N4O2.HI/c1-3-22-21(24-15-20(26)25-12-8-5-9-13-25)23-14-18(2)16-27-17-19-10-6-4-7-11-19;/h4,6-7,10-11,18H,3,5,8-9,12-17H2,1-2H3,(H2,22,23,24);1H. The van der Waals surface area contributed by atoms with Crippen LogP contribution in [0.25, 0.3) is 0 Å². The van der Waals surface area contributed by atoms with Crippen LogP contribution in [0.4, 0.5) is 0 Å². The molecule has 1 amide bonds. The molecule has 0 saturated carbocycles. The van der Waals surface area contributed by atoms with E-state index in [1.165, 1.54) is 12.0 Å². The number of guanidine groups is 1. The molecule has 1 heterocycles. The summed E-state index contributed by atoms with van der Waals surface area (Å²) >= 11 is 0. The van der Waals surface area contributed by atoms with Gasteiger partial charge in [0, 0.05) is 26.2 Å². The molecule has 1 saturated heterocycles. The van der Waals surface area contributed by atoms with Gasteiger partial charge in [-0.25, -0.2) is 4.99 Å². The molecule has 6 nitrogen and oxygen atoms in total. The van der Waals surface area contributed by atoms with Crippen LogP contribution in [0.5, 0.6) is 0 Å². The first-order valence-electron chi connectivity index (χ1n) is 10.1. The van der Waals surface area contributed by atoms with Gasteiger partial charge in [-0.1, -0.05) is 37.3 Å². The number of halogens is 1. The molecule has 1 atom stereocenters. The van der Waals surface area contributed by atoms with Crippen LogP contribution in [-0.2, 0) is 16.1 Å². The van der Waals surface area contributed by atoms with Crippen molar-refractivity contribution in [3.05, 3.63) is 35.9 Å². The lowest BCUT2D eigenvalue weighted by Gasteiger charge is -2.26. The van der Waals surface area contributed by atoms with Crippen molar-refractivity contribution in [3.8, 4) is 0 Å². The van der Waals surface area contributed by atoms with Gasteiger partial charge < -0.3 is 20.3 Å². The number of benzene rings is 1. The second kappa shape index (κ2) is 14.6. The Labute approximate surface area is 186 Å². The third kappa shape index (κ3) is 9.73. The zero-order chi connectivity index (χ0) is 19.3. The van der Waals surface area contributed by atoms with Crippen molar-refractivity contribution in [1.82, 2.24) is 15.5 Å². The molecule has 1 unspecified atom stereocenters. The Balaban J connectivity index is 0.00000392. The molecule has 1 aliphatic heterocycles. The summed E-state index contributed by atoms with van der Waals surface area (Å²) < 4.78 is 5.79. The van der Waals surface area contributed by atoms with Crippen molar-refractivity contribution in [2.24, 2.45) is 10.9 Å². The fourth-order valence-electron chi connectivity index (χ4n) is 3.01. The minimum atomic E-state index is 0. The van der Waals surface area contributed by atoms with E-state index in [0.29, 0.717) is 25.1 Å². The van der Waals surface area contributed by atoms with Gasteiger partial charge in [0.1, 0.15) is 6.54 Å². The molecule has 1 aliphatic rings. The fraction of sp³-hybridized carbons (Fsp3) is 0.619. The number of rotatable bonds is 9. The van der Waals surface area contributed by atoms with Crippen molar-refractivity contribution in [2.75, 3.05) is 39.3 Å². The lowest BCUT2D eigenvalue weighted by Crippen LogP contribution is -2.42. The normalized spacial score (nSPS) is 15.5. The minimum Gasteiger partial charge on any atom is -0.376 e. The van der Waals surface area contributed by atoms with Crippen molar-refractivity contribution < 1.29 is 9.53 Å². The molecule has 0 spiro atoms. The Morgan fingerprint density at radius 2 is 1.89 bits per heavy atom. The molecule has 0 radical (unpaired) electrons. The first-order chi connectivity index (χ1) is 13.2. The molecule has 1 aromatic carbocycles. The Morgan fingerprint density at radius 1 is 1.18 bits per heavy atom. The molecular weight excluding hydrogens is 467 g/mol. The lowest BCUT2D eigenvalue weighted by molar-refractivity contribution is -0.130. The van der Waals surface area contributed by atoms with Crippen LogP contribution < -0.4 is 10.6 Å². The number of carbonyl (C=O) groups excluding carboxylic acids is 1. The first kappa shape index (κ1) is 24.7. The van der Waals surface area contributed by atoms with Gasteiger partial charge in [-0.3, -0.25) is 4.79 Å². The van der Waals surface area contributed by atoms with Crippen LogP contribution in [0.1, 0.15) is 38.7 Å². The smallest absolute Gasteiger partial charge is 0.244 e. The topological polar surface area (TPSA) is 66.0 Å². The summed E-state index contributed by atoms with van der Waals surface area (Å²) in [6, 6.07) is 10.2. The van der Waals surface area contributed by atoms with Crippen molar-refractivity contribution >= 4 is 35.8 Å². The summed E-state index contributed by atoms with van der Waals surface area (Å²) in [5.41, 5.74) is 1.18. The highest BCUT2D eigenvalue weighted by molar-refractivity contribution is 14.0. The number of carbonyl (C=O) groups is 1. The molecule has 1 aromatic rings. The van der Waals surface area contributed by atoms with Gasteiger partial charge >= 0.3 is 0 Å².